The van der Waals surface area contributed by atoms with E-state index in [0.717, 1.165) is 0 Å². The van der Waals surface area contributed by atoms with Gasteiger partial charge < -0.3 is 10.1 Å². The zero-order chi connectivity index (χ0) is 12.7. The van der Waals surface area contributed by atoms with E-state index in [1.54, 1.807) is 31.2 Å². The molecule has 1 amide bonds. The number of para-hydroxylation sites is 2. The Morgan fingerprint density at radius 2 is 2.06 bits per heavy atom. The first-order valence-corrected chi connectivity index (χ1v) is 5.32. The highest BCUT2D eigenvalue weighted by Gasteiger charge is 2.06. The molecular formula is C10H13N3O3S. The van der Waals surface area contributed by atoms with Gasteiger partial charge in [-0.2, -0.15) is 0 Å². The van der Waals surface area contributed by atoms with Crippen molar-refractivity contribution in [2.24, 2.45) is 0 Å². The van der Waals surface area contributed by atoms with E-state index in [-0.39, 0.29) is 11.7 Å². The highest BCUT2D eigenvalue weighted by atomic mass is 32.1. The molecule has 0 spiro atoms. The van der Waals surface area contributed by atoms with Gasteiger partial charge in [0.25, 0.3) is 0 Å². The van der Waals surface area contributed by atoms with E-state index in [1.807, 2.05) is 5.48 Å². The van der Waals surface area contributed by atoms with Crippen LogP contribution in [-0.4, -0.2) is 23.0 Å². The number of alkyl carbamates (subject to hydrolysis) is 1. The summed E-state index contributed by atoms with van der Waals surface area (Å²) in [6.07, 6.45) is -0.626. The van der Waals surface area contributed by atoms with Gasteiger partial charge in [0.15, 0.2) is 5.11 Å². The van der Waals surface area contributed by atoms with Gasteiger partial charge >= 0.3 is 6.09 Å². The van der Waals surface area contributed by atoms with E-state index in [4.69, 9.17) is 17.4 Å². The van der Waals surface area contributed by atoms with Crippen LogP contribution in [0.5, 0.6) is 0 Å². The molecule has 17 heavy (non-hydrogen) atoms. The molecule has 4 N–H and O–H groups in total. The van der Waals surface area contributed by atoms with Gasteiger partial charge in [-0.05, 0) is 31.3 Å². The second-order valence-corrected chi connectivity index (χ2v) is 3.37. The maximum absolute atomic E-state index is 11.1. The van der Waals surface area contributed by atoms with E-state index < -0.39 is 6.09 Å². The molecule has 6 nitrogen and oxygen atoms in total. The number of hydrogen-bond donors (Lipinski definition) is 4. The van der Waals surface area contributed by atoms with Gasteiger partial charge in [-0.1, -0.05) is 12.1 Å². The van der Waals surface area contributed by atoms with Crippen molar-refractivity contribution >= 4 is 34.8 Å². The van der Waals surface area contributed by atoms with Crippen LogP contribution in [0.2, 0.25) is 0 Å². The number of carbonyl (C=O) groups is 1. The van der Waals surface area contributed by atoms with Crippen LogP contribution < -0.4 is 16.1 Å². The molecular weight excluding hydrogens is 242 g/mol. The molecule has 7 heteroatoms. The maximum atomic E-state index is 11.1. The Kier molecular flexibility index (Phi) is 5.18. The fourth-order valence-corrected chi connectivity index (χ4v) is 1.30. The molecule has 0 atom stereocenters. The van der Waals surface area contributed by atoms with Crippen molar-refractivity contribution in [2.75, 3.05) is 17.4 Å². The van der Waals surface area contributed by atoms with Gasteiger partial charge in [0, 0.05) is 0 Å². The Bertz CT molecular complexity index is 412. The number of amides is 1. The first kappa shape index (κ1) is 13.2. The predicted molar refractivity (Wildman–Crippen MR) is 68.2 cm³/mol. The van der Waals surface area contributed by atoms with Crippen LogP contribution in [0.4, 0.5) is 16.2 Å². The molecule has 0 aliphatic carbocycles. The van der Waals surface area contributed by atoms with Crippen molar-refractivity contribution in [3.8, 4) is 0 Å². The zero-order valence-electron chi connectivity index (χ0n) is 9.19. The largest absolute Gasteiger partial charge is 0.450 e. The third-order valence-corrected chi connectivity index (χ3v) is 1.99. The summed E-state index contributed by atoms with van der Waals surface area (Å²) in [7, 11) is 0. The molecule has 0 aliphatic heterocycles. The van der Waals surface area contributed by atoms with E-state index in [2.05, 4.69) is 15.4 Å². The number of rotatable bonds is 3. The Morgan fingerprint density at radius 1 is 1.41 bits per heavy atom. The quantitative estimate of drug-likeness (QED) is 0.488. The van der Waals surface area contributed by atoms with Gasteiger partial charge in [-0.3, -0.25) is 16.0 Å². The van der Waals surface area contributed by atoms with Crippen LogP contribution in [0, 0.1) is 0 Å². The minimum atomic E-state index is -0.626. The minimum Gasteiger partial charge on any atom is -0.450 e. The summed E-state index contributed by atoms with van der Waals surface area (Å²) in [6, 6.07) is 6.84. The molecule has 1 rings (SSSR count). The lowest BCUT2D eigenvalue weighted by atomic mass is 10.3. The third kappa shape index (κ3) is 4.25. The molecule has 0 heterocycles. The topological polar surface area (TPSA) is 82.6 Å². The van der Waals surface area contributed by atoms with Crippen molar-refractivity contribution < 1.29 is 14.7 Å². The normalized spacial score (nSPS) is 9.29. The molecule has 0 bridgehead atoms. The lowest BCUT2D eigenvalue weighted by molar-refractivity contribution is 0.158. The van der Waals surface area contributed by atoms with Gasteiger partial charge in [0.1, 0.15) is 0 Å². The smallest absolute Gasteiger partial charge is 0.413 e. The van der Waals surface area contributed by atoms with Crippen molar-refractivity contribution in [3.05, 3.63) is 24.3 Å². The molecule has 0 unspecified atom stereocenters. The average molecular weight is 255 g/mol. The zero-order valence-corrected chi connectivity index (χ0v) is 10.0. The average Bonchev–Trinajstić information content (AvgIpc) is 2.29. The SMILES string of the molecule is CCOC(=O)NC(=S)Nc1ccccc1NO. The van der Waals surface area contributed by atoms with E-state index in [9.17, 15) is 4.79 Å². The number of ether oxygens (including phenoxy) is 1. The number of carbonyl (C=O) groups excluding carboxylic acids is 1. The lowest BCUT2D eigenvalue weighted by Crippen LogP contribution is -2.34. The predicted octanol–water partition coefficient (Wildman–Crippen LogP) is 1.93. The molecule has 92 valence electrons. The fourth-order valence-electron chi connectivity index (χ4n) is 1.10. The molecule has 0 radical (unpaired) electrons. The van der Waals surface area contributed by atoms with Gasteiger partial charge in [0.05, 0.1) is 18.0 Å². The molecule has 1 aromatic carbocycles. The first-order valence-electron chi connectivity index (χ1n) is 4.91. The summed E-state index contributed by atoms with van der Waals surface area (Å²) in [4.78, 5) is 11.1. The van der Waals surface area contributed by atoms with E-state index >= 15 is 0 Å². The molecule has 0 saturated carbocycles. The number of nitrogens with one attached hydrogen (secondary N) is 3. The summed E-state index contributed by atoms with van der Waals surface area (Å²) >= 11 is 4.90. The number of thiocarbonyl (C=S) groups is 1. The second kappa shape index (κ2) is 6.66. The van der Waals surface area contributed by atoms with Gasteiger partial charge in [-0.25, -0.2) is 4.79 Å². The second-order valence-electron chi connectivity index (χ2n) is 2.96. The summed E-state index contributed by atoms with van der Waals surface area (Å²) < 4.78 is 4.66. The molecule has 0 aromatic heterocycles. The highest BCUT2D eigenvalue weighted by Crippen LogP contribution is 2.19. The van der Waals surface area contributed by atoms with Crippen LogP contribution in [0.25, 0.3) is 0 Å². The standard InChI is InChI=1S/C10H13N3O3S/c1-2-16-10(14)12-9(17)11-7-5-3-4-6-8(7)13-15/h3-6,13,15H,2H2,1H3,(H2,11,12,14,17). The van der Waals surface area contributed by atoms with Gasteiger partial charge in [-0.15, -0.1) is 0 Å². The first-order chi connectivity index (χ1) is 8.17. The Hall–Kier alpha value is -1.86. The van der Waals surface area contributed by atoms with Crippen molar-refractivity contribution in [1.82, 2.24) is 5.32 Å². The number of hydrogen-bond acceptors (Lipinski definition) is 5. The molecule has 0 fully saturated rings. The summed E-state index contributed by atoms with van der Waals surface area (Å²) in [5.74, 6) is 0. The Labute approximate surface area is 104 Å². The van der Waals surface area contributed by atoms with Gasteiger partial charge in [0.2, 0.25) is 0 Å². The lowest BCUT2D eigenvalue weighted by Gasteiger charge is -2.12. The number of benzene rings is 1. The van der Waals surface area contributed by atoms with Crippen LogP contribution >= 0.6 is 12.2 Å². The molecule has 0 saturated heterocycles. The van der Waals surface area contributed by atoms with Crippen molar-refractivity contribution in [2.45, 2.75) is 6.92 Å². The Morgan fingerprint density at radius 3 is 2.65 bits per heavy atom. The summed E-state index contributed by atoms with van der Waals surface area (Å²) in [5, 5.41) is 14.0. The number of anilines is 2. The molecule has 1 aromatic rings. The monoisotopic (exact) mass is 255 g/mol. The minimum absolute atomic E-state index is 0.0890. The highest BCUT2D eigenvalue weighted by molar-refractivity contribution is 7.80. The van der Waals surface area contributed by atoms with Crippen molar-refractivity contribution in [1.29, 1.82) is 0 Å². The Balaban J connectivity index is 2.59. The van der Waals surface area contributed by atoms with Crippen LogP contribution in [0.1, 0.15) is 6.92 Å². The maximum Gasteiger partial charge on any atom is 0.413 e. The van der Waals surface area contributed by atoms with Crippen LogP contribution in [-0.2, 0) is 4.74 Å². The van der Waals surface area contributed by atoms with E-state index in [1.165, 1.54) is 0 Å². The molecule has 0 aliphatic rings. The van der Waals surface area contributed by atoms with E-state index in [0.29, 0.717) is 11.4 Å². The fraction of sp³-hybridized carbons (Fsp3) is 0.200. The summed E-state index contributed by atoms with van der Waals surface area (Å²) in [6.45, 7) is 1.96. The van der Waals surface area contributed by atoms with Crippen LogP contribution in [0.15, 0.2) is 24.3 Å². The third-order valence-electron chi connectivity index (χ3n) is 1.79. The van der Waals surface area contributed by atoms with Crippen molar-refractivity contribution in [3.63, 3.8) is 0 Å². The summed E-state index contributed by atoms with van der Waals surface area (Å²) in [5.41, 5.74) is 3.00. The van der Waals surface area contributed by atoms with Crippen LogP contribution in [0.3, 0.4) is 0 Å².